The molecule has 0 radical (unpaired) electrons. The highest BCUT2D eigenvalue weighted by molar-refractivity contribution is 5.85. The van der Waals surface area contributed by atoms with Crippen LogP contribution in [0.4, 0.5) is 5.69 Å². The Morgan fingerprint density at radius 2 is 2.04 bits per heavy atom. The van der Waals surface area contributed by atoms with E-state index in [4.69, 9.17) is 5.73 Å². The lowest BCUT2D eigenvalue weighted by atomic mass is 9.86. The summed E-state index contributed by atoms with van der Waals surface area (Å²) in [6, 6.07) is 6.03. The van der Waals surface area contributed by atoms with E-state index in [0.29, 0.717) is 6.54 Å². The quantitative estimate of drug-likeness (QED) is 0.803. The molecule has 1 aliphatic carbocycles. The second-order valence-corrected chi connectivity index (χ2v) is 6.72. The highest BCUT2D eigenvalue weighted by Crippen LogP contribution is 2.31. The molecule has 2 amide bonds. The number of carbonyl (C=O) groups is 2. The normalized spacial score (nSPS) is 23.0. The van der Waals surface area contributed by atoms with Gasteiger partial charge in [-0.15, -0.1) is 12.4 Å². The first-order valence-electron chi connectivity index (χ1n) is 8.49. The predicted octanol–water partition coefficient (Wildman–Crippen LogP) is 2.44. The van der Waals surface area contributed by atoms with Crippen molar-refractivity contribution >= 4 is 29.9 Å². The van der Waals surface area contributed by atoms with Gasteiger partial charge < -0.3 is 16.0 Å². The number of halogens is 1. The second kappa shape index (κ2) is 7.88. The summed E-state index contributed by atoms with van der Waals surface area (Å²) >= 11 is 0. The number of hydrogen-bond acceptors (Lipinski definition) is 3. The van der Waals surface area contributed by atoms with Crippen LogP contribution in [-0.4, -0.2) is 29.8 Å². The van der Waals surface area contributed by atoms with Gasteiger partial charge in [0.15, 0.2) is 0 Å². The van der Waals surface area contributed by atoms with Crippen LogP contribution >= 0.6 is 12.4 Å². The Morgan fingerprint density at radius 3 is 2.79 bits per heavy atom. The molecular formula is C18H26ClN3O2. The topological polar surface area (TPSA) is 75.4 Å². The number of nitrogens with two attached hydrogens (primary N) is 1. The Bertz CT molecular complexity index is 620. The summed E-state index contributed by atoms with van der Waals surface area (Å²) in [5.74, 6) is 0.0402. The first kappa shape index (κ1) is 18.6. The lowest BCUT2D eigenvalue weighted by Crippen LogP contribution is -2.45. The van der Waals surface area contributed by atoms with Gasteiger partial charge in [-0.25, -0.2) is 0 Å². The molecule has 1 aromatic carbocycles. The minimum atomic E-state index is -0.0909. The third-order valence-electron chi connectivity index (χ3n) is 5.04. The Balaban J connectivity index is 0.00000208. The van der Waals surface area contributed by atoms with Gasteiger partial charge in [-0.1, -0.05) is 6.07 Å². The first-order chi connectivity index (χ1) is 11.0. The molecule has 1 aliphatic heterocycles. The van der Waals surface area contributed by atoms with Crippen LogP contribution in [0.1, 0.15) is 49.8 Å². The third kappa shape index (κ3) is 4.01. The van der Waals surface area contributed by atoms with Gasteiger partial charge in [0, 0.05) is 25.7 Å². The van der Waals surface area contributed by atoms with Crippen molar-refractivity contribution in [1.82, 2.24) is 10.2 Å². The average molecular weight is 352 g/mol. The summed E-state index contributed by atoms with van der Waals surface area (Å²) in [5, 5.41) is 3.21. The van der Waals surface area contributed by atoms with E-state index in [0.717, 1.165) is 44.3 Å². The molecule has 2 aliphatic rings. The maximum absolute atomic E-state index is 12.6. The van der Waals surface area contributed by atoms with Crippen LogP contribution in [0.5, 0.6) is 0 Å². The van der Waals surface area contributed by atoms with E-state index in [2.05, 4.69) is 5.32 Å². The molecule has 1 saturated heterocycles. The van der Waals surface area contributed by atoms with Crippen LogP contribution in [0.3, 0.4) is 0 Å². The number of piperidine rings is 1. The van der Waals surface area contributed by atoms with E-state index in [1.54, 1.807) is 11.8 Å². The van der Waals surface area contributed by atoms with Crippen molar-refractivity contribution in [3.05, 3.63) is 29.3 Å². The Hall–Kier alpha value is -1.75. The molecule has 24 heavy (non-hydrogen) atoms. The lowest BCUT2D eigenvalue weighted by Gasteiger charge is -2.33. The monoisotopic (exact) mass is 351 g/mol. The lowest BCUT2D eigenvalue weighted by molar-refractivity contribution is -0.134. The van der Waals surface area contributed by atoms with Gasteiger partial charge >= 0.3 is 0 Å². The van der Waals surface area contributed by atoms with E-state index in [-0.39, 0.29) is 36.2 Å². The van der Waals surface area contributed by atoms with Gasteiger partial charge in [0.2, 0.25) is 11.8 Å². The molecule has 6 heteroatoms. The number of nitrogen functional groups attached to an aromatic ring is 1. The highest BCUT2D eigenvalue weighted by atomic mass is 35.5. The number of hydrogen-bond donors (Lipinski definition) is 2. The Morgan fingerprint density at radius 1 is 1.25 bits per heavy atom. The summed E-state index contributed by atoms with van der Waals surface area (Å²) in [7, 11) is 0. The minimum absolute atomic E-state index is 0. The van der Waals surface area contributed by atoms with Gasteiger partial charge in [-0.3, -0.25) is 9.59 Å². The number of nitrogens with one attached hydrogen (secondary N) is 1. The van der Waals surface area contributed by atoms with E-state index < -0.39 is 0 Å². The van der Waals surface area contributed by atoms with Crippen LogP contribution in [0.2, 0.25) is 0 Å². The molecule has 2 atom stereocenters. The molecule has 132 valence electrons. The maximum Gasteiger partial charge on any atom is 0.225 e. The first-order valence-corrected chi connectivity index (χ1v) is 8.49. The van der Waals surface area contributed by atoms with Crippen molar-refractivity contribution in [2.45, 2.75) is 45.1 Å². The maximum atomic E-state index is 12.6. The number of carbonyl (C=O) groups excluding carboxylic acids is 2. The number of amides is 2. The summed E-state index contributed by atoms with van der Waals surface area (Å²) in [5.41, 5.74) is 9.08. The Kier molecular flexibility index (Phi) is 6.10. The zero-order valence-corrected chi connectivity index (χ0v) is 14.9. The molecule has 0 bridgehead atoms. The number of aryl methyl sites for hydroxylation is 1. The highest BCUT2D eigenvalue weighted by Gasteiger charge is 2.29. The average Bonchev–Trinajstić information content (AvgIpc) is 2.54. The van der Waals surface area contributed by atoms with Crippen LogP contribution < -0.4 is 11.1 Å². The summed E-state index contributed by atoms with van der Waals surface area (Å²) in [6.07, 6.45) is 4.80. The van der Waals surface area contributed by atoms with Crippen molar-refractivity contribution in [1.29, 1.82) is 0 Å². The molecule has 5 nitrogen and oxygen atoms in total. The molecule has 1 aromatic rings. The largest absolute Gasteiger partial charge is 0.399 e. The molecule has 3 N–H and O–H groups in total. The zero-order chi connectivity index (χ0) is 16.4. The van der Waals surface area contributed by atoms with Gasteiger partial charge in [0.1, 0.15) is 0 Å². The molecular weight excluding hydrogens is 326 g/mol. The number of nitrogens with zero attached hydrogens (tertiary/aromatic N) is 1. The van der Waals surface area contributed by atoms with Crippen LogP contribution in [0, 0.1) is 5.92 Å². The molecule has 1 fully saturated rings. The van der Waals surface area contributed by atoms with E-state index in [1.165, 1.54) is 11.1 Å². The molecule has 1 heterocycles. The fourth-order valence-corrected chi connectivity index (χ4v) is 3.75. The van der Waals surface area contributed by atoms with E-state index >= 15 is 0 Å². The standard InChI is InChI=1S/C18H25N3O2.ClH/c1-12(22)21-9-3-5-14(11-21)18(23)20-17-6-2-4-13-10-15(19)7-8-16(13)17;/h7-8,10,14,17H,2-6,9,11,19H2,1H3,(H,20,23);1H. The molecule has 0 aromatic heterocycles. The van der Waals surface area contributed by atoms with Crippen molar-refractivity contribution in [2.24, 2.45) is 5.92 Å². The van der Waals surface area contributed by atoms with Crippen LogP contribution in [0.25, 0.3) is 0 Å². The van der Waals surface area contributed by atoms with Crippen molar-refractivity contribution in [3.8, 4) is 0 Å². The molecule has 2 unspecified atom stereocenters. The van der Waals surface area contributed by atoms with E-state index in [9.17, 15) is 9.59 Å². The summed E-state index contributed by atoms with van der Waals surface area (Å²) in [4.78, 5) is 26.0. The van der Waals surface area contributed by atoms with Crippen molar-refractivity contribution in [2.75, 3.05) is 18.8 Å². The number of benzene rings is 1. The van der Waals surface area contributed by atoms with Gasteiger partial charge in [0.05, 0.1) is 12.0 Å². The Labute approximate surface area is 149 Å². The minimum Gasteiger partial charge on any atom is -0.399 e. The number of anilines is 1. The van der Waals surface area contributed by atoms with Crippen molar-refractivity contribution in [3.63, 3.8) is 0 Å². The smallest absolute Gasteiger partial charge is 0.225 e. The third-order valence-corrected chi connectivity index (χ3v) is 5.04. The molecule has 3 rings (SSSR count). The SMILES string of the molecule is CC(=O)N1CCCC(C(=O)NC2CCCc3cc(N)ccc32)C1.Cl. The van der Waals surface area contributed by atoms with Gasteiger partial charge in [-0.2, -0.15) is 0 Å². The second-order valence-electron chi connectivity index (χ2n) is 6.72. The molecule has 0 spiro atoms. The van der Waals surface area contributed by atoms with Crippen LogP contribution in [-0.2, 0) is 16.0 Å². The fourth-order valence-electron chi connectivity index (χ4n) is 3.75. The van der Waals surface area contributed by atoms with Gasteiger partial charge in [0.25, 0.3) is 0 Å². The number of likely N-dealkylation sites (tertiary alicyclic amines) is 1. The summed E-state index contributed by atoms with van der Waals surface area (Å²) in [6.45, 7) is 2.88. The fraction of sp³-hybridized carbons (Fsp3) is 0.556. The molecule has 0 saturated carbocycles. The number of rotatable bonds is 2. The van der Waals surface area contributed by atoms with E-state index in [1.807, 2.05) is 18.2 Å². The zero-order valence-electron chi connectivity index (χ0n) is 14.1. The predicted molar refractivity (Wildman–Crippen MR) is 96.9 cm³/mol. The van der Waals surface area contributed by atoms with Crippen molar-refractivity contribution < 1.29 is 9.59 Å². The summed E-state index contributed by atoms with van der Waals surface area (Å²) < 4.78 is 0. The number of fused-ring (bicyclic) bond motifs is 1. The van der Waals surface area contributed by atoms with Crippen LogP contribution in [0.15, 0.2) is 18.2 Å². The van der Waals surface area contributed by atoms with Gasteiger partial charge in [-0.05, 0) is 55.4 Å².